The number of carbonyl (C=O) groups excluding carboxylic acids is 1. The lowest BCUT2D eigenvalue weighted by atomic mass is 10.1. The van der Waals surface area contributed by atoms with Gasteiger partial charge in [0.1, 0.15) is 0 Å². The van der Waals surface area contributed by atoms with Crippen LogP contribution in [0.3, 0.4) is 0 Å². The van der Waals surface area contributed by atoms with Crippen molar-refractivity contribution in [2.75, 3.05) is 18.8 Å². The minimum absolute atomic E-state index is 0.0105. The van der Waals surface area contributed by atoms with Crippen LogP contribution < -0.4 is 5.73 Å². The van der Waals surface area contributed by atoms with E-state index in [-0.39, 0.29) is 11.7 Å². The molecule has 1 unspecified atom stereocenters. The molecule has 0 aliphatic carbocycles. The molecule has 0 radical (unpaired) electrons. The van der Waals surface area contributed by atoms with Gasteiger partial charge in [-0.25, -0.2) is 0 Å². The molecule has 3 N–H and O–H groups in total. The maximum atomic E-state index is 12.5. The summed E-state index contributed by atoms with van der Waals surface area (Å²) in [7, 11) is 0. The molecule has 1 fully saturated rings. The van der Waals surface area contributed by atoms with Gasteiger partial charge in [-0.2, -0.15) is 11.8 Å². The first-order valence-corrected chi connectivity index (χ1v) is 7.69. The Kier molecular flexibility index (Phi) is 4.89. The Labute approximate surface area is 122 Å². The predicted octanol–water partition coefficient (Wildman–Crippen LogP) is 1.75. The molecule has 1 atom stereocenters. The van der Waals surface area contributed by atoms with E-state index in [1.54, 1.807) is 24.3 Å². The number of oxime groups is 1. The van der Waals surface area contributed by atoms with E-state index in [0.717, 1.165) is 25.3 Å². The van der Waals surface area contributed by atoms with Crippen molar-refractivity contribution in [3.05, 3.63) is 35.4 Å². The molecule has 1 aliphatic rings. The first-order chi connectivity index (χ1) is 9.65. The van der Waals surface area contributed by atoms with Gasteiger partial charge in [-0.05, 0) is 18.6 Å². The van der Waals surface area contributed by atoms with Crippen molar-refractivity contribution in [2.24, 2.45) is 10.9 Å². The van der Waals surface area contributed by atoms with Gasteiger partial charge in [0, 0.05) is 35.2 Å². The van der Waals surface area contributed by atoms with Gasteiger partial charge >= 0.3 is 0 Å². The summed E-state index contributed by atoms with van der Waals surface area (Å²) < 4.78 is 0. The number of carbonyl (C=O) groups is 1. The number of amidine groups is 1. The van der Waals surface area contributed by atoms with Crippen LogP contribution in [-0.4, -0.2) is 45.9 Å². The van der Waals surface area contributed by atoms with E-state index in [2.05, 4.69) is 12.1 Å². The van der Waals surface area contributed by atoms with E-state index in [0.29, 0.717) is 16.4 Å². The summed E-state index contributed by atoms with van der Waals surface area (Å²) in [5, 5.41) is 12.2. The zero-order chi connectivity index (χ0) is 14.5. The molecule has 5 nitrogen and oxygen atoms in total. The third kappa shape index (κ3) is 3.25. The van der Waals surface area contributed by atoms with Crippen LogP contribution in [0.2, 0.25) is 0 Å². The lowest BCUT2D eigenvalue weighted by Gasteiger charge is -2.32. The Bertz CT molecular complexity index is 519. The molecule has 1 saturated heterocycles. The van der Waals surface area contributed by atoms with Gasteiger partial charge in [0.15, 0.2) is 5.84 Å². The highest BCUT2D eigenvalue weighted by Gasteiger charge is 2.24. The minimum Gasteiger partial charge on any atom is -0.409 e. The molecular weight excluding hydrogens is 274 g/mol. The fourth-order valence-corrected chi connectivity index (χ4v) is 3.38. The van der Waals surface area contributed by atoms with Crippen LogP contribution in [0.4, 0.5) is 0 Å². The lowest BCUT2D eigenvalue weighted by molar-refractivity contribution is 0.0761. The molecule has 0 aromatic heterocycles. The quantitative estimate of drug-likeness (QED) is 0.385. The second-order valence-corrected chi connectivity index (χ2v) is 6.13. The topological polar surface area (TPSA) is 78.9 Å². The smallest absolute Gasteiger partial charge is 0.253 e. The summed E-state index contributed by atoms with van der Waals surface area (Å²) in [4.78, 5) is 14.4. The van der Waals surface area contributed by atoms with Crippen LogP contribution in [0, 0.1) is 0 Å². The fraction of sp³-hybridized carbons (Fsp3) is 0.429. The predicted molar refractivity (Wildman–Crippen MR) is 81.4 cm³/mol. The summed E-state index contributed by atoms with van der Waals surface area (Å²) in [6.45, 7) is 3.70. The van der Waals surface area contributed by atoms with Crippen molar-refractivity contribution in [3.8, 4) is 0 Å². The Morgan fingerprint density at radius 2 is 2.30 bits per heavy atom. The Morgan fingerprint density at radius 3 is 3.00 bits per heavy atom. The van der Waals surface area contributed by atoms with Gasteiger partial charge < -0.3 is 15.8 Å². The van der Waals surface area contributed by atoms with Crippen LogP contribution in [0.25, 0.3) is 0 Å². The van der Waals surface area contributed by atoms with Gasteiger partial charge in [-0.1, -0.05) is 24.2 Å². The van der Waals surface area contributed by atoms with E-state index in [1.807, 2.05) is 16.7 Å². The fourth-order valence-electron chi connectivity index (χ4n) is 2.20. The number of hydrogen-bond donors (Lipinski definition) is 2. The van der Waals surface area contributed by atoms with Gasteiger partial charge in [-0.3, -0.25) is 4.79 Å². The van der Waals surface area contributed by atoms with Crippen LogP contribution >= 0.6 is 11.8 Å². The van der Waals surface area contributed by atoms with Crippen LogP contribution in [-0.2, 0) is 0 Å². The second kappa shape index (κ2) is 6.65. The zero-order valence-electron chi connectivity index (χ0n) is 11.5. The summed E-state index contributed by atoms with van der Waals surface area (Å²) in [6.07, 6.45) is 1.07. The SMILES string of the molecule is CCC1CN(C(=O)c2cccc(/C(N)=N/O)c2)CCS1. The van der Waals surface area contributed by atoms with Gasteiger partial charge in [0.2, 0.25) is 0 Å². The van der Waals surface area contributed by atoms with Crippen molar-refractivity contribution in [3.63, 3.8) is 0 Å². The van der Waals surface area contributed by atoms with Crippen molar-refractivity contribution < 1.29 is 10.0 Å². The van der Waals surface area contributed by atoms with E-state index in [4.69, 9.17) is 10.9 Å². The normalized spacial score (nSPS) is 19.9. The monoisotopic (exact) mass is 293 g/mol. The molecule has 6 heteroatoms. The molecule has 0 spiro atoms. The van der Waals surface area contributed by atoms with Crippen molar-refractivity contribution >= 4 is 23.5 Å². The average Bonchev–Trinajstić information content (AvgIpc) is 2.53. The molecule has 1 aromatic carbocycles. The van der Waals surface area contributed by atoms with Crippen LogP contribution in [0.5, 0.6) is 0 Å². The highest BCUT2D eigenvalue weighted by Crippen LogP contribution is 2.22. The molecule has 20 heavy (non-hydrogen) atoms. The Morgan fingerprint density at radius 1 is 1.55 bits per heavy atom. The second-order valence-electron chi connectivity index (χ2n) is 4.72. The van der Waals surface area contributed by atoms with E-state index >= 15 is 0 Å². The molecular formula is C14H19N3O2S. The molecule has 2 rings (SSSR count). The molecule has 0 saturated carbocycles. The first kappa shape index (κ1) is 14.7. The number of nitrogens with zero attached hydrogens (tertiary/aromatic N) is 2. The molecule has 1 aliphatic heterocycles. The number of thioether (sulfide) groups is 1. The third-order valence-corrected chi connectivity index (χ3v) is 4.77. The highest BCUT2D eigenvalue weighted by atomic mass is 32.2. The van der Waals surface area contributed by atoms with Gasteiger partial charge in [0.05, 0.1) is 0 Å². The molecule has 1 heterocycles. The summed E-state index contributed by atoms with van der Waals surface area (Å²) in [5.41, 5.74) is 6.69. The molecule has 1 amide bonds. The lowest BCUT2D eigenvalue weighted by Crippen LogP contribution is -2.41. The maximum Gasteiger partial charge on any atom is 0.253 e. The van der Waals surface area contributed by atoms with Gasteiger partial charge in [-0.15, -0.1) is 0 Å². The van der Waals surface area contributed by atoms with Crippen molar-refractivity contribution in [1.29, 1.82) is 0 Å². The standard InChI is InChI=1S/C14H19N3O2S/c1-2-12-9-17(6-7-20-12)14(18)11-5-3-4-10(8-11)13(15)16-19/h3-5,8,12,19H,2,6-7,9H2,1H3,(H2,15,16). The van der Waals surface area contributed by atoms with Crippen LogP contribution in [0.15, 0.2) is 29.4 Å². The largest absolute Gasteiger partial charge is 0.409 e. The number of benzene rings is 1. The van der Waals surface area contributed by atoms with E-state index in [9.17, 15) is 4.79 Å². The first-order valence-electron chi connectivity index (χ1n) is 6.64. The van der Waals surface area contributed by atoms with E-state index < -0.39 is 0 Å². The maximum absolute atomic E-state index is 12.5. The minimum atomic E-state index is 0.0105. The average molecular weight is 293 g/mol. The van der Waals surface area contributed by atoms with Crippen molar-refractivity contribution in [1.82, 2.24) is 4.90 Å². The zero-order valence-corrected chi connectivity index (χ0v) is 12.3. The molecule has 0 bridgehead atoms. The third-order valence-electron chi connectivity index (χ3n) is 3.39. The van der Waals surface area contributed by atoms with Crippen LogP contribution in [0.1, 0.15) is 29.3 Å². The van der Waals surface area contributed by atoms with Gasteiger partial charge in [0.25, 0.3) is 5.91 Å². The Hall–Kier alpha value is -1.69. The summed E-state index contributed by atoms with van der Waals surface area (Å²) in [6, 6.07) is 6.89. The molecule has 1 aromatic rings. The number of hydrogen-bond acceptors (Lipinski definition) is 4. The summed E-state index contributed by atoms with van der Waals surface area (Å²) >= 11 is 1.93. The summed E-state index contributed by atoms with van der Waals surface area (Å²) in [5.74, 6) is 1.00. The number of rotatable bonds is 3. The number of nitrogens with two attached hydrogens (primary N) is 1. The highest BCUT2D eigenvalue weighted by molar-refractivity contribution is 8.00. The van der Waals surface area contributed by atoms with E-state index in [1.165, 1.54) is 0 Å². The Balaban J connectivity index is 2.16. The van der Waals surface area contributed by atoms with Crippen molar-refractivity contribution in [2.45, 2.75) is 18.6 Å². The number of amides is 1. The molecule has 108 valence electrons.